The molecule has 2 heterocycles. The molecule has 7 heteroatoms. The van der Waals surface area contributed by atoms with Gasteiger partial charge in [-0.2, -0.15) is 0 Å². The standard InChI is InChI=1S/C14H20N2O4S/c1-8-6-11(10(3)21-8)9(2)15-14(19)16-4-5-20-7-12(16)13(17)18/h6,9,12H,4-5,7H2,1-3H3,(H,15,19)(H,17,18). The van der Waals surface area contributed by atoms with Crippen molar-refractivity contribution >= 4 is 23.3 Å². The fourth-order valence-electron chi connectivity index (χ4n) is 2.48. The molecule has 0 aromatic carbocycles. The second-order valence-corrected chi connectivity index (χ2v) is 6.62. The molecular weight excluding hydrogens is 292 g/mol. The molecule has 1 saturated heterocycles. The first-order chi connectivity index (χ1) is 9.90. The van der Waals surface area contributed by atoms with Crippen LogP contribution in [0.2, 0.25) is 0 Å². The Bertz CT molecular complexity index is 543. The van der Waals surface area contributed by atoms with Gasteiger partial charge >= 0.3 is 12.0 Å². The lowest BCUT2D eigenvalue weighted by molar-refractivity contribution is -0.147. The molecular formula is C14H20N2O4S. The second-order valence-electron chi connectivity index (χ2n) is 5.16. The van der Waals surface area contributed by atoms with E-state index in [9.17, 15) is 9.59 Å². The van der Waals surface area contributed by atoms with Gasteiger partial charge in [0.2, 0.25) is 0 Å². The van der Waals surface area contributed by atoms with Gasteiger partial charge in [0, 0.05) is 16.3 Å². The Hall–Kier alpha value is -1.60. The molecule has 0 saturated carbocycles. The molecule has 6 nitrogen and oxygen atoms in total. The highest BCUT2D eigenvalue weighted by molar-refractivity contribution is 7.12. The number of thiophene rings is 1. The van der Waals surface area contributed by atoms with E-state index in [0.29, 0.717) is 6.61 Å². The number of carboxylic acid groups (broad SMARTS) is 1. The Kier molecular flexibility index (Phi) is 4.84. The Morgan fingerprint density at radius 1 is 1.52 bits per heavy atom. The highest BCUT2D eigenvalue weighted by Gasteiger charge is 2.33. The van der Waals surface area contributed by atoms with Crippen LogP contribution in [-0.2, 0) is 9.53 Å². The predicted molar refractivity (Wildman–Crippen MR) is 79.7 cm³/mol. The van der Waals surface area contributed by atoms with Crippen LogP contribution in [0.5, 0.6) is 0 Å². The summed E-state index contributed by atoms with van der Waals surface area (Å²) < 4.78 is 5.14. The van der Waals surface area contributed by atoms with Crippen molar-refractivity contribution in [2.24, 2.45) is 0 Å². The van der Waals surface area contributed by atoms with E-state index in [1.165, 1.54) is 9.78 Å². The van der Waals surface area contributed by atoms with Crippen LogP contribution in [0.1, 0.15) is 28.3 Å². The van der Waals surface area contributed by atoms with E-state index in [2.05, 4.69) is 11.4 Å². The summed E-state index contributed by atoms with van der Waals surface area (Å²) in [6.45, 7) is 6.64. The molecule has 1 fully saturated rings. The maximum Gasteiger partial charge on any atom is 0.328 e. The molecule has 2 atom stereocenters. The summed E-state index contributed by atoms with van der Waals surface area (Å²) in [5.74, 6) is -1.04. The molecule has 1 aliphatic heterocycles. The number of carbonyl (C=O) groups excluding carboxylic acids is 1. The van der Waals surface area contributed by atoms with Gasteiger partial charge in [-0.25, -0.2) is 9.59 Å². The summed E-state index contributed by atoms with van der Waals surface area (Å²) in [7, 11) is 0. The van der Waals surface area contributed by atoms with E-state index in [4.69, 9.17) is 9.84 Å². The van der Waals surface area contributed by atoms with Crippen molar-refractivity contribution in [3.05, 3.63) is 21.4 Å². The average molecular weight is 312 g/mol. The average Bonchev–Trinajstić information content (AvgIpc) is 2.77. The predicted octanol–water partition coefficient (Wildman–Crippen LogP) is 1.92. The number of nitrogens with zero attached hydrogens (tertiary/aromatic N) is 1. The molecule has 2 N–H and O–H groups in total. The van der Waals surface area contributed by atoms with Crippen LogP contribution in [-0.4, -0.2) is 47.8 Å². The van der Waals surface area contributed by atoms with Crippen LogP contribution in [0.3, 0.4) is 0 Å². The molecule has 21 heavy (non-hydrogen) atoms. The molecule has 0 spiro atoms. The smallest absolute Gasteiger partial charge is 0.328 e. The summed E-state index contributed by atoms with van der Waals surface area (Å²) in [6, 6.07) is 0.622. The fourth-order valence-corrected chi connectivity index (χ4v) is 3.50. The molecule has 2 amide bonds. The lowest BCUT2D eigenvalue weighted by Gasteiger charge is -2.33. The van der Waals surface area contributed by atoms with Gasteiger partial charge in [0.15, 0.2) is 6.04 Å². The third-order valence-electron chi connectivity index (χ3n) is 3.56. The topological polar surface area (TPSA) is 78.9 Å². The number of carbonyl (C=O) groups is 2. The van der Waals surface area contributed by atoms with Crippen LogP contribution in [0.4, 0.5) is 4.79 Å². The highest BCUT2D eigenvalue weighted by Crippen LogP contribution is 2.26. The molecule has 116 valence electrons. The number of aliphatic carboxylic acids is 1. The summed E-state index contributed by atoms with van der Waals surface area (Å²) in [5, 5.41) is 12.0. The Morgan fingerprint density at radius 2 is 2.24 bits per heavy atom. The molecule has 2 unspecified atom stereocenters. The molecule has 0 aliphatic carbocycles. The van der Waals surface area contributed by atoms with E-state index >= 15 is 0 Å². The maximum atomic E-state index is 12.3. The summed E-state index contributed by atoms with van der Waals surface area (Å²) in [4.78, 5) is 27.2. The van der Waals surface area contributed by atoms with Crippen molar-refractivity contribution in [2.45, 2.75) is 32.9 Å². The summed E-state index contributed by atoms with van der Waals surface area (Å²) >= 11 is 1.69. The minimum Gasteiger partial charge on any atom is -0.480 e. The number of morpholine rings is 1. The molecule has 0 bridgehead atoms. The number of hydrogen-bond acceptors (Lipinski definition) is 4. The number of carboxylic acids is 1. The quantitative estimate of drug-likeness (QED) is 0.894. The zero-order valence-corrected chi connectivity index (χ0v) is 13.2. The van der Waals surface area contributed by atoms with Gasteiger partial charge < -0.3 is 20.1 Å². The summed E-state index contributed by atoms with van der Waals surface area (Å²) in [6.07, 6.45) is 0. The van der Waals surface area contributed by atoms with Gasteiger partial charge in [-0.15, -0.1) is 11.3 Å². The number of hydrogen-bond donors (Lipinski definition) is 2. The molecule has 0 radical (unpaired) electrons. The van der Waals surface area contributed by atoms with Gasteiger partial charge in [0.1, 0.15) is 0 Å². The van der Waals surface area contributed by atoms with Crippen LogP contribution in [0.15, 0.2) is 6.07 Å². The minimum absolute atomic E-state index is 0.0354. The van der Waals surface area contributed by atoms with Gasteiger partial charge in [0.05, 0.1) is 19.3 Å². The second kappa shape index (κ2) is 6.44. The van der Waals surface area contributed by atoms with E-state index in [1.54, 1.807) is 11.3 Å². The molecule has 1 aromatic rings. The largest absolute Gasteiger partial charge is 0.480 e. The van der Waals surface area contributed by atoms with Crippen LogP contribution in [0.25, 0.3) is 0 Å². The van der Waals surface area contributed by atoms with Crippen molar-refractivity contribution < 1.29 is 19.4 Å². The molecule has 1 aliphatic rings. The number of urea groups is 1. The van der Waals surface area contributed by atoms with Crippen molar-refractivity contribution in [3.8, 4) is 0 Å². The molecule has 1 aromatic heterocycles. The zero-order valence-electron chi connectivity index (χ0n) is 12.4. The van der Waals surface area contributed by atoms with E-state index in [-0.39, 0.29) is 25.2 Å². The lowest BCUT2D eigenvalue weighted by Crippen LogP contribution is -2.55. The van der Waals surface area contributed by atoms with E-state index < -0.39 is 12.0 Å². The van der Waals surface area contributed by atoms with Gasteiger partial charge in [-0.1, -0.05) is 0 Å². The maximum absolute atomic E-state index is 12.3. The van der Waals surface area contributed by atoms with Gasteiger partial charge in [0.25, 0.3) is 0 Å². The first-order valence-electron chi connectivity index (χ1n) is 6.84. The Labute approximate surface area is 127 Å². The third-order valence-corrected chi connectivity index (χ3v) is 4.54. The number of ether oxygens (including phenoxy) is 1. The van der Waals surface area contributed by atoms with E-state index in [1.807, 2.05) is 20.8 Å². The molecule has 2 rings (SSSR count). The van der Waals surface area contributed by atoms with Crippen molar-refractivity contribution in [1.82, 2.24) is 10.2 Å². The lowest BCUT2D eigenvalue weighted by atomic mass is 10.1. The Balaban J connectivity index is 2.06. The fraction of sp³-hybridized carbons (Fsp3) is 0.571. The SMILES string of the molecule is Cc1cc(C(C)NC(=O)N2CCOCC2C(=O)O)c(C)s1. The number of rotatable bonds is 3. The number of aryl methyl sites for hydroxylation is 2. The Morgan fingerprint density at radius 3 is 2.81 bits per heavy atom. The van der Waals surface area contributed by atoms with Gasteiger partial charge in [-0.3, -0.25) is 0 Å². The van der Waals surface area contributed by atoms with Crippen molar-refractivity contribution in [2.75, 3.05) is 19.8 Å². The first kappa shape index (κ1) is 15.8. The van der Waals surface area contributed by atoms with Crippen LogP contribution in [0, 0.1) is 13.8 Å². The monoisotopic (exact) mass is 312 g/mol. The summed E-state index contributed by atoms with van der Waals surface area (Å²) in [5.41, 5.74) is 1.07. The first-order valence-corrected chi connectivity index (χ1v) is 7.66. The number of amides is 2. The highest BCUT2D eigenvalue weighted by atomic mass is 32.1. The minimum atomic E-state index is -1.04. The zero-order chi connectivity index (χ0) is 15.6. The number of nitrogens with one attached hydrogen (secondary N) is 1. The van der Waals surface area contributed by atoms with Crippen molar-refractivity contribution in [3.63, 3.8) is 0 Å². The van der Waals surface area contributed by atoms with E-state index in [0.717, 1.165) is 10.4 Å². The van der Waals surface area contributed by atoms with Crippen molar-refractivity contribution in [1.29, 1.82) is 0 Å². The normalized spacial score (nSPS) is 20.1. The van der Waals surface area contributed by atoms with Crippen LogP contribution >= 0.6 is 11.3 Å². The van der Waals surface area contributed by atoms with Gasteiger partial charge in [-0.05, 0) is 32.4 Å². The van der Waals surface area contributed by atoms with Crippen LogP contribution < -0.4 is 5.32 Å². The third kappa shape index (κ3) is 3.54.